The van der Waals surface area contributed by atoms with Crippen LogP contribution in [-0.2, 0) is 11.3 Å². The average molecular weight is 340 g/mol. The molecule has 0 unspecified atom stereocenters. The van der Waals surface area contributed by atoms with E-state index in [4.69, 9.17) is 4.74 Å². The number of nitrogens with zero attached hydrogens (tertiary/aromatic N) is 2. The van der Waals surface area contributed by atoms with Gasteiger partial charge in [0.25, 0.3) is 0 Å². The molecule has 0 bridgehead atoms. The summed E-state index contributed by atoms with van der Waals surface area (Å²) in [7, 11) is 1.60. The number of carbonyl (C=O) groups excluding carboxylic acids is 2. The van der Waals surface area contributed by atoms with Crippen LogP contribution in [0.1, 0.15) is 12.0 Å². The number of anilines is 1. The Labute approximate surface area is 146 Å². The van der Waals surface area contributed by atoms with Gasteiger partial charge in [-0.05, 0) is 35.9 Å². The first-order valence-electron chi connectivity index (χ1n) is 8.03. The number of nitrogens with one attached hydrogen (secondary N) is 2. The van der Waals surface area contributed by atoms with Gasteiger partial charge in [-0.1, -0.05) is 6.07 Å². The van der Waals surface area contributed by atoms with Crippen molar-refractivity contribution in [3.8, 4) is 5.75 Å². The van der Waals surface area contributed by atoms with Crippen molar-refractivity contribution in [3.05, 3.63) is 54.4 Å². The molecule has 130 valence electrons. The van der Waals surface area contributed by atoms with Gasteiger partial charge in [0.1, 0.15) is 5.75 Å². The van der Waals surface area contributed by atoms with E-state index in [9.17, 15) is 9.59 Å². The number of pyridine rings is 1. The van der Waals surface area contributed by atoms with Gasteiger partial charge in [0.05, 0.1) is 13.2 Å². The minimum atomic E-state index is -0.293. The molecule has 7 nitrogen and oxygen atoms in total. The molecule has 25 heavy (non-hydrogen) atoms. The number of carbonyl (C=O) groups is 2. The first-order chi connectivity index (χ1) is 12.2. The van der Waals surface area contributed by atoms with E-state index in [2.05, 4.69) is 15.6 Å². The number of amides is 3. The van der Waals surface area contributed by atoms with Gasteiger partial charge >= 0.3 is 6.03 Å². The molecule has 0 spiro atoms. The zero-order chi connectivity index (χ0) is 17.6. The van der Waals surface area contributed by atoms with Crippen LogP contribution in [-0.4, -0.2) is 36.6 Å². The van der Waals surface area contributed by atoms with Crippen LogP contribution >= 0.6 is 0 Å². The molecule has 1 aliphatic rings. The number of hydrogen-bond acceptors (Lipinski definition) is 4. The van der Waals surface area contributed by atoms with Gasteiger partial charge < -0.3 is 20.3 Å². The Morgan fingerprint density at radius 2 is 2.12 bits per heavy atom. The van der Waals surface area contributed by atoms with E-state index in [1.165, 1.54) is 0 Å². The number of rotatable bonds is 5. The minimum absolute atomic E-state index is 0.0114. The second kappa shape index (κ2) is 7.65. The largest absolute Gasteiger partial charge is 0.497 e. The molecule has 7 heteroatoms. The fourth-order valence-electron chi connectivity index (χ4n) is 2.74. The highest BCUT2D eigenvalue weighted by atomic mass is 16.5. The molecule has 0 saturated carbocycles. The van der Waals surface area contributed by atoms with E-state index < -0.39 is 0 Å². The quantitative estimate of drug-likeness (QED) is 0.868. The molecule has 2 heterocycles. The Hall–Kier alpha value is -3.09. The summed E-state index contributed by atoms with van der Waals surface area (Å²) in [6.07, 6.45) is 3.67. The van der Waals surface area contributed by atoms with Gasteiger partial charge in [0.2, 0.25) is 5.91 Å². The molecule has 2 aromatic rings. The molecule has 0 radical (unpaired) electrons. The summed E-state index contributed by atoms with van der Waals surface area (Å²) in [5.41, 5.74) is 1.71. The van der Waals surface area contributed by atoms with E-state index in [0.29, 0.717) is 13.1 Å². The van der Waals surface area contributed by atoms with Gasteiger partial charge in [-0.15, -0.1) is 0 Å². The fourth-order valence-corrected chi connectivity index (χ4v) is 2.74. The molecule has 3 amide bonds. The number of ether oxygens (including phenoxy) is 1. The number of aromatic nitrogens is 1. The summed E-state index contributed by atoms with van der Waals surface area (Å²) in [5.74, 6) is 0.725. The Bertz CT molecular complexity index is 734. The second-order valence-electron chi connectivity index (χ2n) is 5.79. The molecule has 0 aliphatic carbocycles. The van der Waals surface area contributed by atoms with Gasteiger partial charge in [-0.2, -0.15) is 0 Å². The molecule has 1 aromatic heterocycles. The summed E-state index contributed by atoms with van der Waals surface area (Å²) in [4.78, 5) is 29.9. The van der Waals surface area contributed by atoms with Crippen LogP contribution in [0.3, 0.4) is 0 Å². The monoisotopic (exact) mass is 340 g/mol. The lowest BCUT2D eigenvalue weighted by atomic mass is 10.2. The van der Waals surface area contributed by atoms with Gasteiger partial charge in [0, 0.05) is 37.6 Å². The lowest BCUT2D eigenvalue weighted by Gasteiger charge is -2.17. The molecule has 1 fully saturated rings. The lowest BCUT2D eigenvalue weighted by Crippen LogP contribution is -2.43. The van der Waals surface area contributed by atoms with Gasteiger partial charge in [0.15, 0.2) is 0 Å². The normalized spacial score (nSPS) is 16.6. The maximum atomic E-state index is 12.2. The highest BCUT2D eigenvalue weighted by Gasteiger charge is 2.31. The Morgan fingerprint density at radius 1 is 1.32 bits per heavy atom. The molecular formula is C18H20N4O3. The van der Waals surface area contributed by atoms with Crippen molar-refractivity contribution in [1.82, 2.24) is 15.6 Å². The van der Waals surface area contributed by atoms with E-state index in [1.807, 2.05) is 36.4 Å². The van der Waals surface area contributed by atoms with Gasteiger partial charge in [-0.3, -0.25) is 9.78 Å². The highest BCUT2D eigenvalue weighted by molar-refractivity contribution is 5.96. The Kier molecular flexibility index (Phi) is 5.13. The van der Waals surface area contributed by atoms with E-state index in [-0.39, 0.29) is 24.4 Å². The maximum absolute atomic E-state index is 12.2. The molecule has 1 saturated heterocycles. The van der Waals surface area contributed by atoms with Crippen LogP contribution in [0.5, 0.6) is 5.75 Å². The van der Waals surface area contributed by atoms with Gasteiger partial charge in [-0.25, -0.2) is 4.79 Å². The van der Waals surface area contributed by atoms with E-state index in [1.54, 1.807) is 24.4 Å². The Balaban J connectivity index is 1.52. The highest BCUT2D eigenvalue weighted by Crippen LogP contribution is 2.24. The van der Waals surface area contributed by atoms with Crippen molar-refractivity contribution in [1.29, 1.82) is 0 Å². The van der Waals surface area contributed by atoms with Crippen molar-refractivity contribution in [2.24, 2.45) is 0 Å². The topological polar surface area (TPSA) is 83.6 Å². The van der Waals surface area contributed by atoms with Crippen molar-refractivity contribution in [2.75, 3.05) is 18.6 Å². The van der Waals surface area contributed by atoms with Crippen LogP contribution in [0.2, 0.25) is 0 Å². The van der Waals surface area contributed by atoms with Crippen LogP contribution in [0.4, 0.5) is 10.5 Å². The van der Waals surface area contributed by atoms with E-state index >= 15 is 0 Å². The number of methoxy groups -OCH3 is 1. The van der Waals surface area contributed by atoms with Crippen molar-refractivity contribution in [2.45, 2.75) is 19.0 Å². The third-order valence-electron chi connectivity index (χ3n) is 4.02. The molecule has 2 N–H and O–H groups in total. The summed E-state index contributed by atoms with van der Waals surface area (Å²) in [6.45, 7) is 0.841. The zero-order valence-electron chi connectivity index (χ0n) is 13.9. The Morgan fingerprint density at radius 3 is 2.80 bits per heavy atom. The standard InChI is InChI=1S/C18H20N4O3/c1-25-16-6-4-15(5-7-16)22-12-14(9-17(22)23)21-18(24)20-11-13-3-2-8-19-10-13/h2-8,10,14H,9,11-12H2,1H3,(H2,20,21,24)/t14-/m1/s1. The summed E-state index contributed by atoms with van der Waals surface area (Å²) in [5, 5.41) is 5.62. The fraction of sp³-hybridized carbons (Fsp3) is 0.278. The predicted molar refractivity (Wildman–Crippen MR) is 93.4 cm³/mol. The molecule has 1 atom stereocenters. The van der Waals surface area contributed by atoms with Crippen LogP contribution in [0.15, 0.2) is 48.8 Å². The third kappa shape index (κ3) is 4.26. The molecule has 1 aromatic carbocycles. The number of urea groups is 1. The lowest BCUT2D eigenvalue weighted by molar-refractivity contribution is -0.117. The average Bonchev–Trinajstić information content (AvgIpc) is 3.01. The van der Waals surface area contributed by atoms with Crippen molar-refractivity contribution < 1.29 is 14.3 Å². The van der Waals surface area contributed by atoms with E-state index in [0.717, 1.165) is 17.0 Å². The summed E-state index contributed by atoms with van der Waals surface area (Å²) >= 11 is 0. The number of hydrogen-bond donors (Lipinski definition) is 2. The van der Waals surface area contributed by atoms with Crippen molar-refractivity contribution >= 4 is 17.6 Å². The van der Waals surface area contributed by atoms with Crippen LogP contribution in [0.25, 0.3) is 0 Å². The molecular weight excluding hydrogens is 320 g/mol. The SMILES string of the molecule is COc1ccc(N2C[C@H](NC(=O)NCc3cccnc3)CC2=O)cc1. The maximum Gasteiger partial charge on any atom is 0.315 e. The molecule has 3 rings (SSSR count). The predicted octanol–water partition coefficient (Wildman–Crippen LogP) is 1.69. The second-order valence-corrected chi connectivity index (χ2v) is 5.79. The van der Waals surface area contributed by atoms with Crippen LogP contribution in [0, 0.1) is 0 Å². The number of benzene rings is 1. The third-order valence-corrected chi connectivity index (χ3v) is 4.02. The van der Waals surface area contributed by atoms with Crippen molar-refractivity contribution in [3.63, 3.8) is 0 Å². The molecule has 1 aliphatic heterocycles. The first kappa shape index (κ1) is 16.8. The van der Waals surface area contributed by atoms with Crippen LogP contribution < -0.4 is 20.3 Å². The summed E-state index contributed by atoms with van der Waals surface area (Å²) < 4.78 is 5.12. The smallest absolute Gasteiger partial charge is 0.315 e. The first-order valence-corrected chi connectivity index (χ1v) is 8.03. The zero-order valence-corrected chi connectivity index (χ0v) is 13.9. The minimum Gasteiger partial charge on any atom is -0.497 e. The summed E-state index contributed by atoms with van der Waals surface area (Å²) in [6, 6.07) is 10.5.